The molecule has 2 bridgehead atoms. The van der Waals surface area contributed by atoms with Crippen LogP contribution in [0.2, 0.25) is 10.2 Å². The maximum atomic E-state index is 13.3. The van der Waals surface area contributed by atoms with E-state index in [0.29, 0.717) is 30.3 Å². The average Bonchev–Trinajstić information content (AvgIpc) is 2.91. The molecule has 1 atom stereocenters. The van der Waals surface area contributed by atoms with Gasteiger partial charge in [-0.15, -0.1) is 0 Å². The molecule has 10 heteroatoms. The molecule has 0 radical (unpaired) electrons. The van der Waals surface area contributed by atoms with Gasteiger partial charge in [-0.25, -0.2) is 4.98 Å². The first-order valence-electron chi connectivity index (χ1n) is 12.9. The molecule has 1 aliphatic heterocycles. The Kier molecular flexibility index (Phi) is 10.4. The summed E-state index contributed by atoms with van der Waals surface area (Å²) in [4.78, 5) is 30.3. The van der Waals surface area contributed by atoms with Gasteiger partial charge in [0.2, 0.25) is 5.91 Å². The lowest BCUT2D eigenvalue weighted by atomic mass is 10.1. The first kappa shape index (κ1) is 28.0. The summed E-state index contributed by atoms with van der Waals surface area (Å²) in [6, 6.07) is 15.4. The molecule has 0 unspecified atom stereocenters. The van der Waals surface area contributed by atoms with Crippen LogP contribution in [0.1, 0.15) is 36.8 Å². The van der Waals surface area contributed by atoms with Crippen molar-refractivity contribution in [2.75, 3.05) is 25.0 Å². The molecule has 202 valence electrons. The highest BCUT2D eigenvalue weighted by Gasteiger charge is 2.17. The van der Waals surface area contributed by atoms with Crippen molar-refractivity contribution >= 4 is 34.9 Å². The Morgan fingerprint density at radius 3 is 2.68 bits per heavy atom. The van der Waals surface area contributed by atoms with Crippen LogP contribution < -0.4 is 26.2 Å². The Labute approximate surface area is 232 Å². The van der Waals surface area contributed by atoms with Crippen molar-refractivity contribution in [3.8, 4) is 5.75 Å². The Balaban J connectivity index is 1.55. The molecule has 0 saturated heterocycles. The summed E-state index contributed by atoms with van der Waals surface area (Å²) in [6.07, 6.45) is 6.22. The van der Waals surface area contributed by atoms with Crippen LogP contribution in [-0.2, 0) is 24.3 Å². The van der Waals surface area contributed by atoms with Gasteiger partial charge in [-0.05, 0) is 49.6 Å². The summed E-state index contributed by atoms with van der Waals surface area (Å²) in [7, 11) is 0. The van der Waals surface area contributed by atoms with Gasteiger partial charge in [0.1, 0.15) is 17.4 Å². The van der Waals surface area contributed by atoms with Crippen molar-refractivity contribution in [2.24, 2.45) is 0 Å². The molecule has 38 heavy (non-hydrogen) atoms. The third-order valence-corrected chi connectivity index (χ3v) is 6.90. The van der Waals surface area contributed by atoms with Crippen LogP contribution in [0.3, 0.4) is 0 Å². The topological polar surface area (TPSA) is 97.3 Å². The number of anilines is 1. The standard InChI is InChI=1S/C28H33Cl2N5O3/c29-22-10-11-24-21(15-22)16-32-26(36)19-35-25(30)18-33-27(28(35)37)34-23(14-20-8-4-3-5-9-20)17-31-12-6-1-2-7-13-38-24/h3-5,8-11,15,18,23,31H,1-2,6-7,12-14,16-17,19H2,(H,32,36)(H,33,34)/t23-/m0/s1. The Morgan fingerprint density at radius 2 is 1.84 bits per heavy atom. The number of ether oxygens (including phenoxy) is 1. The fraction of sp³-hybridized carbons (Fsp3) is 0.393. The zero-order valence-corrected chi connectivity index (χ0v) is 22.7. The smallest absolute Gasteiger partial charge is 0.294 e. The molecule has 0 fully saturated rings. The summed E-state index contributed by atoms with van der Waals surface area (Å²) in [5.74, 6) is 0.472. The van der Waals surface area contributed by atoms with Crippen LogP contribution in [0.15, 0.2) is 59.5 Å². The van der Waals surface area contributed by atoms with E-state index in [1.165, 1.54) is 10.8 Å². The van der Waals surface area contributed by atoms with E-state index < -0.39 is 5.56 Å². The number of aromatic nitrogens is 2. The van der Waals surface area contributed by atoms with Gasteiger partial charge < -0.3 is 20.7 Å². The van der Waals surface area contributed by atoms with Gasteiger partial charge in [0.15, 0.2) is 5.82 Å². The summed E-state index contributed by atoms with van der Waals surface area (Å²) >= 11 is 12.5. The lowest BCUT2D eigenvalue weighted by Crippen LogP contribution is -2.39. The molecule has 0 spiro atoms. The Bertz CT molecular complexity index is 1270. The second kappa shape index (κ2) is 14.2. The Morgan fingerprint density at radius 1 is 1.03 bits per heavy atom. The van der Waals surface area contributed by atoms with Crippen LogP contribution in [0.25, 0.3) is 0 Å². The number of nitrogens with one attached hydrogen (secondary N) is 3. The first-order valence-corrected chi connectivity index (χ1v) is 13.7. The molecule has 1 aromatic heterocycles. The number of hydrogen-bond donors (Lipinski definition) is 3. The molecule has 3 N–H and O–H groups in total. The molecule has 2 heterocycles. The number of rotatable bonds is 2. The third-order valence-electron chi connectivity index (χ3n) is 6.37. The van der Waals surface area contributed by atoms with Crippen molar-refractivity contribution in [1.82, 2.24) is 20.2 Å². The molecular formula is C28H33Cl2N5O3. The lowest BCUT2D eigenvalue weighted by molar-refractivity contribution is -0.121. The molecule has 0 saturated carbocycles. The van der Waals surface area contributed by atoms with E-state index in [-0.39, 0.29) is 36.0 Å². The van der Waals surface area contributed by atoms with Gasteiger partial charge in [0, 0.05) is 29.7 Å². The van der Waals surface area contributed by atoms with Crippen molar-refractivity contribution in [3.05, 3.63) is 86.4 Å². The fourth-order valence-corrected chi connectivity index (χ4v) is 4.74. The second-order valence-electron chi connectivity index (χ2n) is 9.35. The van der Waals surface area contributed by atoms with Gasteiger partial charge in [0.25, 0.3) is 5.56 Å². The van der Waals surface area contributed by atoms with E-state index in [1.807, 2.05) is 24.3 Å². The number of carbonyl (C=O) groups excluding carboxylic acids is 1. The molecule has 2 aromatic carbocycles. The van der Waals surface area contributed by atoms with Gasteiger partial charge in [-0.2, -0.15) is 0 Å². The van der Waals surface area contributed by atoms with Crippen molar-refractivity contribution in [1.29, 1.82) is 0 Å². The molecule has 1 aliphatic rings. The normalized spacial score (nSPS) is 17.8. The average molecular weight is 559 g/mol. The highest BCUT2D eigenvalue weighted by molar-refractivity contribution is 6.30. The van der Waals surface area contributed by atoms with E-state index in [1.54, 1.807) is 12.1 Å². The molecule has 0 aliphatic carbocycles. The predicted molar refractivity (Wildman–Crippen MR) is 151 cm³/mol. The molecule has 8 nitrogen and oxygen atoms in total. The van der Waals surface area contributed by atoms with Crippen LogP contribution in [-0.4, -0.2) is 41.2 Å². The third kappa shape index (κ3) is 8.21. The van der Waals surface area contributed by atoms with Gasteiger partial charge >= 0.3 is 0 Å². The molecule has 1 amide bonds. The van der Waals surface area contributed by atoms with Crippen LogP contribution >= 0.6 is 23.2 Å². The highest BCUT2D eigenvalue weighted by Crippen LogP contribution is 2.23. The number of hydrogen-bond acceptors (Lipinski definition) is 6. The van der Waals surface area contributed by atoms with Gasteiger partial charge in [0.05, 0.1) is 12.8 Å². The maximum Gasteiger partial charge on any atom is 0.294 e. The summed E-state index contributed by atoms with van der Waals surface area (Å²) in [6.45, 7) is 2.08. The monoisotopic (exact) mass is 557 g/mol. The van der Waals surface area contributed by atoms with E-state index >= 15 is 0 Å². The largest absolute Gasteiger partial charge is 0.493 e. The summed E-state index contributed by atoms with van der Waals surface area (Å²) in [5.41, 5.74) is 1.46. The number of nitrogens with zero attached hydrogens (tertiary/aromatic N) is 2. The zero-order chi connectivity index (χ0) is 26.7. The van der Waals surface area contributed by atoms with Crippen molar-refractivity contribution in [3.63, 3.8) is 0 Å². The predicted octanol–water partition coefficient (Wildman–Crippen LogP) is 4.43. The summed E-state index contributed by atoms with van der Waals surface area (Å²) in [5, 5.41) is 10.3. The minimum Gasteiger partial charge on any atom is -0.493 e. The van der Waals surface area contributed by atoms with Crippen LogP contribution in [0, 0.1) is 0 Å². The zero-order valence-electron chi connectivity index (χ0n) is 21.2. The number of benzene rings is 2. The number of halogens is 2. The molecular weight excluding hydrogens is 525 g/mol. The molecule has 4 rings (SSSR count). The van der Waals surface area contributed by atoms with E-state index in [9.17, 15) is 9.59 Å². The van der Waals surface area contributed by atoms with E-state index in [2.05, 4.69) is 33.1 Å². The van der Waals surface area contributed by atoms with Crippen LogP contribution in [0.5, 0.6) is 5.75 Å². The molecule has 3 aromatic rings. The van der Waals surface area contributed by atoms with Gasteiger partial charge in [-0.1, -0.05) is 66.4 Å². The van der Waals surface area contributed by atoms with Crippen LogP contribution in [0.4, 0.5) is 5.82 Å². The maximum absolute atomic E-state index is 13.3. The van der Waals surface area contributed by atoms with E-state index in [4.69, 9.17) is 27.9 Å². The van der Waals surface area contributed by atoms with Crippen molar-refractivity contribution < 1.29 is 9.53 Å². The second-order valence-corrected chi connectivity index (χ2v) is 10.2. The SMILES string of the molecule is O=C1Cn2c(Cl)cnc(c2=O)N[C@@H](Cc2ccccc2)CNCCCCCCOc2ccc(Cl)cc2CN1. The summed E-state index contributed by atoms with van der Waals surface area (Å²) < 4.78 is 7.20. The number of carbonyl (C=O) groups is 1. The number of fused-ring (bicyclic) bond motifs is 3. The first-order chi connectivity index (χ1) is 18.5. The lowest BCUT2D eigenvalue weighted by Gasteiger charge is -2.21. The van der Waals surface area contributed by atoms with E-state index in [0.717, 1.165) is 43.4 Å². The Hall–Kier alpha value is -3.07. The minimum absolute atomic E-state index is 0.0821. The van der Waals surface area contributed by atoms with Gasteiger partial charge in [-0.3, -0.25) is 14.2 Å². The fourth-order valence-electron chi connectivity index (χ4n) is 4.36. The number of amides is 1. The van der Waals surface area contributed by atoms with Crippen molar-refractivity contribution in [2.45, 2.75) is 51.2 Å². The quantitative estimate of drug-likeness (QED) is 0.431. The highest BCUT2D eigenvalue weighted by atomic mass is 35.5. The minimum atomic E-state index is -0.452.